The predicted octanol–water partition coefficient (Wildman–Crippen LogP) is 1.27. The van der Waals surface area contributed by atoms with Crippen molar-refractivity contribution >= 4 is 17.5 Å². The number of amides is 1. The van der Waals surface area contributed by atoms with Crippen molar-refractivity contribution in [3.8, 4) is 0 Å². The molecule has 7 N–H and O–H groups in total. The van der Waals surface area contributed by atoms with Crippen LogP contribution in [0.4, 0.5) is 16.2 Å². The molecular weight excluding hydrogens is 270 g/mol. The summed E-state index contributed by atoms with van der Waals surface area (Å²) in [4.78, 5) is 11.5. The largest absolute Gasteiger partial charge is 0.444 e. The number of hydrogen-bond donors (Lipinski definition) is 4. The van der Waals surface area contributed by atoms with Crippen molar-refractivity contribution in [2.75, 3.05) is 17.3 Å². The number of benzene rings is 1. The van der Waals surface area contributed by atoms with Crippen LogP contribution in [0.1, 0.15) is 20.8 Å². The van der Waals surface area contributed by atoms with Gasteiger partial charge in [0.15, 0.2) is 0 Å². The first kappa shape index (κ1) is 16.6. The number of carbonyl (C=O) groups is 1. The highest BCUT2D eigenvalue weighted by atomic mass is 16.6. The number of nitrogens with two attached hydrogens (primary N) is 3. The van der Waals surface area contributed by atoms with E-state index in [4.69, 9.17) is 22.0 Å². The maximum absolute atomic E-state index is 11.5. The Hall–Kier alpha value is -2.41. The van der Waals surface area contributed by atoms with Gasteiger partial charge in [-0.1, -0.05) is 6.07 Å². The molecule has 0 atom stereocenters. The van der Waals surface area contributed by atoms with Gasteiger partial charge in [0.05, 0.1) is 12.2 Å². The molecule has 0 saturated heterocycles. The van der Waals surface area contributed by atoms with E-state index in [1.54, 1.807) is 45.0 Å². The molecule has 116 valence electrons. The third-order valence-corrected chi connectivity index (χ3v) is 2.31. The second-order valence-corrected chi connectivity index (χ2v) is 5.56. The summed E-state index contributed by atoms with van der Waals surface area (Å²) in [6, 6.07) is 7.05. The van der Waals surface area contributed by atoms with E-state index >= 15 is 0 Å². The molecule has 1 amide bonds. The van der Waals surface area contributed by atoms with Crippen LogP contribution in [0.2, 0.25) is 0 Å². The molecule has 0 aromatic heterocycles. The normalized spacial score (nSPS) is 11.9. The number of nitrogens with one attached hydrogen (secondary N) is 1. The lowest BCUT2D eigenvalue weighted by Gasteiger charge is -2.20. The molecule has 1 rings (SSSR count). The highest BCUT2D eigenvalue weighted by molar-refractivity contribution is 5.68. The average Bonchev–Trinajstić information content (AvgIpc) is 2.34. The van der Waals surface area contributed by atoms with Gasteiger partial charge < -0.3 is 21.5 Å². The third kappa shape index (κ3) is 6.53. The van der Waals surface area contributed by atoms with Gasteiger partial charge >= 0.3 is 6.09 Å². The highest BCUT2D eigenvalue weighted by Gasteiger charge is 2.15. The first-order valence-electron chi connectivity index (χ1n) is 6.50. The maximum atomic E-state index is 11.5. The van der Waals surface area contributed by atoms with Gasteiger partial charge in [-0.3, -0.25) is 5.01 Å². The second kappa shape index (κ2) is 6.85. The Balaban J connectivity index is 2.55. The Labute approximate surface area is 124 Å². The summed E-state index contributed by atoms with van der Waals surface area (Å²) in [6.07, 6.45) is 0.970. The van der Waals surface area contributed by atoms with Crippen LogP contribution in [-0.4, -0.2) is 18.2 Å². The van der Waals surface area contributed by atoms with E-state index in [1.165, 1.54) is 11.2 Å². The van der Waals surface area contributed by atoms with Crippen LogP contribution in [0.15, 0.2) is 36.2 Å². The fourth-order valence-corrected chi connectivity index (χ4v) is 1.47. The van der Waals surface area contributed by atoms with Gasteiger partial charge in [0, 0.05) is 17.6 Å². The van der Waals surface area contributed by atoms with Crippen LogP contribution in [-0.2, 0) is 4.74 Å². The minimum Gasteiger partial charge on any atom is -0.444 e. The lowest BCUT2D eigenvalue weighted by Crippen LogP contribution is -2.35. The molecule has 0 saturated carbocycles. The molecule has 21 heavy (non-hydrogen) atoms. The number of alkyl carbamates (subject to hydrolysis) is 1. The third-order valence-electron chi connectivity index (χ3n) is 2.31. The van der Waals surface area contributed by atoms with Gasteiger partial charge in [-0.05, 0) is 39.0 Å². The fourth-order valence-electron chi connectivity index (χ4n) is 1.47. The average molecular weight is 293 g/mol. The molecule has 0 aliphatic heterocycles. The zero-order valence-electron chi connectivity index (χ0n) is 12.6. The van der Waals surface area contributed by atoms with Gasteiger partial charge in [-0.25, -0.2) is 10.6 Å². The van der Waals surface area contributed by atoms with Crippen LogP contribution in [0, 0.1) is 0 Å². The van der Waals surface area contributed by atoms with Crippen molar-refractivity contribution in [1.82, 2.24) is 5.32 Å². The van der Waals surface area contributed by atoms with Crippen LogP contribution >= 0.6 is 0 Å². The second-order valence-electron chi connectivity index (χ2n) is 5.56. The number of rotatable bonds is 4. The van der Waals surface area contributed by atoms with E-state index in [0.717, 1.165) is 0 Å². The van der Waals surface area contributed by atoms with Crippen molar-refractivity contribution in [1.29, 1.82) is 0 Å². The van der Waals surface area contributed by atoms with Crippen LogP contribution in [0.3, 0.4) is 0 Å². The SMILES string of the molecule is CC(C)(C)OC(=O)NC/C(N)=C/N(N)c1cccc(N)c1. The molecule has 7 nitrogen and oxygen atoms in total. The van der Waals surface area contributed by atoms with Gasteiger partial charge in [-0.2, -0.15) is 0 Å². The van der Waals surface area contributed by atoms with Gasteiger partial charge in [0.25, 0.3) is 0 Å². The van der Waals surface area contributed by atoms with E-state index in [1.807, 2.05) is 0 Å². The standard InChI is InChI=1S/C14H23N5O2/c1-14(2,3)21-13(20)18-8-11(16)9-19(17)12-6-4-5-10(15)7-12/h4-7,9H,8,15-17H2,1-3H3,(H,18,20)/b11-9-. The number of nitrogens with zero attached hydrogens (tertiary/aromatic N) is 1. The Kier molecular flexibility index (Phi) is 5.43. The summed E-state index contributed by atoms with van der Waals surface area (Å²) >= 11 is 0. The van der Waals surface area contributed by atoms with Crippen molar-refractivity contribution in [3.05, 3.63) is 36.2 Å². The Bertz CT molecular complexity index is 522. The molecule has 0 radical (unpaired) electrons. The summed E-state index contributed by atoms with van der Waals surface area (Å²) in [6.45, 7) is 5.48. The molecule has 1 aromatic carbocycles. The number of carbonyl (C=O) groups excluding carboxylic acids is 1. The maximum Gasteiger partial charge on any atom is 0.407 e. The summed E-state index contributed by atoms with van der Waals surface area (Å²) in [7, 11) is 0. The minimum atomic E-state index is -0.552. The van der Waals surface area contributed by atoms with Gasteiger partial charge in [-0.15, -0.1) is 0 Å². The summed E-state index contributed by atoms with van der Waals surface area (Å²) in [5.41, 5.74) is 12.6. The number of anilines is 2. The van der Waals surface area contributed by atoms with Crippen molar-refractivity contribution in [2.45, 2.75) is 26.4 Å². The number of hydrogen-bond acceptors (Lipinski definition) is 6. The van der Waals surface area contributed by atoms with Crippen molar-refractivity contribution in [2.24, 2.45) is 11.6 Å². The summed E-state index contributed by atoms with van der Waals surface area (Å²) in [5, 5.41) is 3.88. The minimum absolute atomic E-state index is 0.130. The molecule has 0 fully saturated rings. The molecule has 7 heteroatoms. The van der Waals surface area contributed by atoms with Gasteiger partial charge in [0.1, 0.15) is 5.60 Å². The topological polar surface area (TPSA) is 120 Å². The smallest absolute Gasteiger partial charge is 0.407 e. The van der Waals surface area contributed by atoms with Gasteiger partial charge in [0.2, 0.25) is 0 Å². The molecule has 0 aliphatic carbocycles. The molecular formula is C14H23N5O2. The molecule has 1 aromatic rings. The van der Waals surface area contributed by atoms with E-state index < -0.39 is 11.7 Å². The number of hydrazine groups is 1. The lowest BCUT2D eigenvalue weighted by molar-refractivity contribution is 0.0532. The van der Waals surface area contributed by atoms with Crippen molar-refractivity contribution in [3.63, 3.8) is 0 Å². The fraction of sp³-hybridized carbons (Fsp3) is 0.357. The van der Waals surface area contributed by atoms with E-state index in [-0.39, 0.29) is 6.54 Å². The first-order chi connectivity index (χ1) is 9.67. The zero-order chi connectivity index (χ0) is 16.0. The quantitative estimate of drug-likeness (QED) is 0.377. The zero-order valence-corrected chi connectivity index (χ0v) is 12.6. The van der Waals surface area contributed by atoms with E-state index in [2.05, 4.69) is 5.32 Å². The first-order valence-corrected chi connectivity index (χ1v) is 6.50. The predicted molar refractivity (Wildman–Crippen MR) is 84.0 cm³/mol. The number of nitrogen functional groups attached to an aromatic ring is 1. The Morgan fingerprint density at radius 2 is 2.10 bits per heavy atom. The molecule has 0 heterocycles. The Morgan fingerprint density at radius 1 is 1.43 bits per heavy atom. The molecule has 0 unspecified atom stereocenters. The molecule has 0 bridgehead atoms. The monoisotopic (exact) mass is 293 g/mol. The number of ether oxygens (including phenoxy) is 1. The molecule has 0 aliphatic rings. The summed E-state index contributed by atoms with van der Waals surface area (Å²) < 4.78 is 5.10. The lowest BCUT2D eigenvalue weighted by atomic mass is 10.2. The highest BCUT2D eigenvalue weighted by Crippen LogP contribution is 2.15. The van der Waals surface area contributed by atoms with Crippen LogP contribution in [0.5, 0.6) is 0 Å². The van der Waals surface area contributed by atoms with Crippen LogP contribution < -0.4 is 27.6 Å². The molecule has 0 spiro atoms. The Morgan fingerprint density at radius 3 is 2.67 bits per heavy atom. The van der Waals surface area contributed by atoms with E-state index in [9.17, 15) is 4.79 Å². The van der Waals surface area contributed by atoms with Crippen molar-refractivity contribution < 1.29 is 9.53 Å². The van der Waals surface area contributed by atoms with Crippen LogP contribution in [0.25, 0.3) is 0 Å². The summed E-state index contributed by atoms with van der Waals surface area (Å²) in [5.74, 6) is 5.85. The van der Waals surface area contributed by atoms with E-state index in [0.29, 0.717) is 17.1 Å².